The number of benzene rings is 5. The van der Waals surface area contributed by atoms with Gasteiger partial charge in [0, 0.05) is 48.2 Å². The number of phenolic OH excluding ortho intramolecular Hbond substituents is 1. The van der Waals surface area contributed by atoms with Gasteiger partial charge in [-0.05, 0) is 66.1 Å². The van der Waals surface area contributed by atoms with Crippen molar-refractivity contribution in [1.29, 1.82) is 0 Å². The number of hydrogen-bond acceptors (Lipinski definition) is 6. The molecule has 9 heteroatoms. The third-order valence-electron chi connectivity index (χ3n) is 9.15. The van der Waals surface area contributed by atoms with Crippen molar-refractivity contribution < 1.29 is 24.2 Å². The first-order valence-corrected chi connectivity index (χ1v) is 16.0. The molecule has 0 fully saturated rings. The van der Waals surface area contributed by atoms with E-state index < -0.39 is 0 Å². The minimum atomic E-state index is -0.281. The molecule has 1 aliphatic rings. The Labute approximate surface area is 284 Å². The molecule has 5 aromatic carbocycles. The number of fused-ring (bicyclic) bond motifs is 2. The van der Waals surface area contributed by atoms with E-state index in [2.05, 4.69) is 6.07 Å². The monoisotopic (exact) mass is 652 g/mol. The Bertz CT molecular complexity index is 2160. The van der Waals surface area contributed by atoms with Gasteiger partial charge in [0.25, 0.3) is 11.8 Å². The van der Waals surface area contributed by atoms with Gasteiger partial charge in [0.2, 0.25) is 0 Å². The van der Waals surface area contributed by atoms with Crippen molar-refractivity contribution in [2.75, 3.05) is 25.7 Å². The topological polar surface area (TPSA) is 110 Å². The highest BCUT2D eigenvalue weighted by atomic mass is 16.5. The molecule has 1 aliphatic heterocycles. The van der Waals surface area contributed by atoms with E-state index in [4.69, 9.17) is 15.2 Å². The lowest BCUT2D eigenvalue weighted by molar-refractivity contribution is 0.0647. The summed E-state index contributed by atoms with van der Waals surface area (Å²) >= 11 is 0. The molecule has 0 unspecified atom stereocenters. The number of aromatic hydroxyl groups is 1. The number of nitrogens with zero attached hydrogens (tertiary/aromatic N) is 3. The Morgan fingerprint density at radius 2 is 1.43 bits per heavy atom. The van der Waals surface area contributed by atoms with Gasteiger partial charge in [-0.1, -0.05) is 60.7 Å². The number of ether oxygens (including phenoxy) is 2. The van der Waals surface area contributed by atoms with E-state index in [-0.39, 0.29) is 23.6 Å². The van der Waals surface area contributed by atoms with Gasteiger partial charge in [-0.3, -0.25) is 14.5 Å². The summed E-state index contributed by atoms with van der Waals surface area (Å²) in [6.45, 7) is 0.722. The predicted molar refractivity (Wildman–Crippen MR) is 190 cm³/mol. The summed E-state index contributed by atoms with van der Waals surface area (Å²) in [5, 5.41) is 10.7. The Balaban J connectivity index is 1.40. The van der Waals surface area contributed by atoms with E-state index in [1.165, 1.54) is 12.7 Å². The molecule has 0 spiro atoms. The Hall–Kier alpha value is -6.06. The van der Waals surface area contributed by atoms with Crippen molar-refractivity contribution in [3.8, 4) is 22.9 Å². The molecule has 7 rings (SSSR count). The Morgan fingerprint density at radius 3 is 2.14 bits per heavy atom. The lowest BCUT2D eigenvalue weighted by atomic mass is 9.93. The van der Waals surface area contributed by atoms with Crippen LogP contribution in [0.3, 0.4) is 0 Å². The van der Waals surface area contributed by atoms with Gasteiger partial charge < -0.3 is 29.8 Å². The van der Waals surface area contributed by atoms with Crippen LogP contribution in [0.15, 0.2) is 121 Å². The zero-order valence-electron chi connectivity index (χ0n) is 27.2. The molecule has 0 bridgehead atoms. The van der Waals surface area contributed by atoms with Crippen molar-refractivity contribution in [2.24, 2.45) is 5.73 Å². The molecular weight excluding hydrogens is 616 g/mol. The highest BCUT2D eigenvalue weighted by Gasteiger charge is 2.33. The molecule has 6 aromatic rings. The summed E-state index contributed by atoms with van der Waals surface area (Å²) < 4.78 is 13.3. The number of anilines is 2. The first-order chi connectivity index (χ1) is 23.9. The largest absolute Gasteiger partial charge is 0.508 e. The molecule has 2 amide bonds. The summed E-state index contributed by atoms with van der Waals surface area (Å²) in [4.78, 5) is 32.8. The second-order valence-corrected chi connectivity index (χ2v) is 11.9. The summed E-state index contributed by atoms with van der Waals surface area (Å²) in [7, 11) is 3.09. The standard InChI is InChI=1S/C40H36N4O5/c1-48-37-21-33(39(46)42-24-27-11-7-6-10-26(27)20-30(42)23-41)36(22-38(37)49-2)43-25-34(32-14-8-9-15-35(32)43)40(47)44(28-12-4-3-5-13-28)29-16-18-31(45)19-17-29/h3-19,21-22,25,30,45H,20,23-24,41H2,1-2H3/t30-/m0/s1. The van der Waals surface area contributed by atoms with E-state index in [9.17, 15) is 14.7 Å². The zero-order valence-corrected chi connectivity index (χ0v) is 27.2. The average molecular weight is 653 g/mol. The first-order valence-electron chi connectivity index (χ1n) is 16.0. The minimum absolute atomic E-state index is 0.0977. The van der Waals surface area contributed by atoms with Crippen LogP contribution in [0.25, 0.3) is 16.6 Å². The fraction of sp³-hybridized carbons (Fsp3) is 0.150. The van der Waals surface area contributed by atoms with E-state index >= 15 is 0 Å². The van der Waals surface area contributed by atoms with Gasteiger partial charge in [-0.2, -0.15) is 0 Å². The molecule has 0 saturated carbocycles. The fourth-order valence-electron chi connectivity index (χ4n) is 6.66. The summed E-state index contributed by atoms with van der Waals surface area (Å²) in [5.74, 6) is 0.457. The van der Waals surface area contributed by atoms with E-state index in [1.54, 1.807) is 54.6 Å². The second kappa shape index (κ2) is 13.2. The van der Waals surface area contributed by atoms with Crippen molar-refractivity contribution in [3.05, 3.63) is 144 Å². The summed E-state index contributed by atoms with van der Waals surface area (Å²) in [6, 6.07) is 34.9. The molecule has 1 aromatic heterocycles. The highest BCUT2D eigenvalue weighted by Crippen LogP contribution is 2.38. The maximum absolute atomic E-state index is 14.7. The maximum Gasteiger partial charge on any atom is 0.265 e. The van der Waals surface area contributed by atoms with Gasteiger partial charge >= 0.3 is 0 Å². The van der Waals surface area contributed by atoms with Crippen molar-refractivity contribution in [2.45, 2.75) is 19.0 Å². The second-order valence-electron chi connectivity index (χ2n) is 11.9. The number of rotatable bonds is 8. The van der Waals surface area contributed by atoms with Crippen LogP contribution in [-0.4, -0.2) is 53.2 Å². The number of carbonyl (C=O) groups excluding carboxylic acids is 2. The maximum atomic E-state index is 14.7. The molecule has 2 heterocycles. The van der Waals surface area contributed by atoms with Crippen molar-refractivity contribution in [3.63, 3.8) is 0 Å². The van der Waals surface area contributed by atoms with Crippen LogP contribution < -0.4 is 20.1 Å². The number of nitrogens with two attached hydrogens (primary N) is 1. The van der Waals surface area contributed by atoms with Crippen LogP contribution >= 0.6 is 0 Å². The number of amides is 2. The van der Waals surface area contributed by atoms with Gasteiger partial charge in [0.05, 0.1) is 36.6 Å². The number of phenols is 1. The number of aromatic nitrogens is 1. The summed E-state index contributed by atoms with van der Waals surface area (Å²) in [6.07, 6.45) is 2.42. The number of methoxy groups -OCH3 is 2. The first kappa shape index (κ1) is 31.5. The molecular formula is C40H36N4O5. The quantitative estimate of drug-likeness (QED) is 0.186. The van der Waals surface area contributed by atoms with Gasteiger partial charge in [-0.15, -0.1) is 0 Å². The van der Waals surface area contributed by atoms with Crippen molar-refractivity contribution >= 4 is 34.1 Å². The lowest BCUT2D eigenvalue weighted by Crippen LogP contribution is -2.48. The number of para-hydroxylation sites is 2. The van der Waals surface area contributed by atoms with Crippen LogP contribution in [0.1, 0.15) is 31.8 Å². The molecule has 3 N–H and O–H groups in total. The lowest BCUT2D eigenvalue weighted by Gasteiger charge is -2.37. The van der Waals surface area contributed by atoms with E-state index in [0.29, 0.717) is 64.6 Å². The third kappa shape index (κ3) is 5.74. The van der Waals surface area contributed by atoms with Gasteiger partial charge in [0.15, 0.2) is 11.5 Å². The zero-order chi connectivity index (χ0) is 34.1. The highest BCUT2D eigenvalue weighted by molar-refractivity contribution is 6.17. The smallest absolute Gasteiger partial charge is 0.265 e. The SMILES string of the molecule is COc1cc(C(=O)N2Cc3ccccc3C[C@H]2CN)c(-n2cc(C(=O)N(c3ccccc3)c3ccc(O)cc3)c3ccccc32)cc1OC. The van der Waals surface area contributed by atoms with Crippen LogP contribution in [0, 0.1) is 0 Å². The number of carbonyl (C=O) groups is 2. The number of hydrogen-bond donors (Lipinski definition) is 2. The Kier molecular flexibility index (Phi) is 8.50. The fourth-order valence-corrected chi connectivity index (χ4v) is 6.66. The molecule has 0 aliphatic carbocycles. The van der Waals surface area contributed by atoms with E-state index in [1.807, 2.05) is 82.3 Å². The van der Waals surface area contributed by atoms with Crippen LogP contribution in [-0.2, 0) is 13.0 Å². The third-order valence-corrected chi connectivity index (χ3v) is 9.15. The van der Waals surface area contributed by atoms with Crippen LogP contribution in [0.4, 0.5) is 11.4 Å². The molecule has 246 valence electrons. The normalized spacial score (nSPS) is 13.9. The van der Waals surface area contributed by atoms with Gasteiger partial charge in [0.1, 0.15) is 5.75 Å². The van der Waals surface area contributed by atoms with Crippen molar-refractivity contribution in [1.82, 2.24) is 9.47 Å². The average Bonchev–Trinajstić information content (AvgIpc) is 3.54. The van der Waals surface area contributed by atoms with Crippen LogP contribution in [0.2, 0.25) is 0 Å². The molecule has 1 atom stereocenters. The molecule has 0 saturated heterocycles. The van der Waals surface area contributed by atoms with Crippen LogP contribution in [0.5, 0.6) is 17.2 Å². The molecule has 49 heavy (non-hydrogen) atoms. The Morgan fingerprint density at radius 1 is 0.796 bits per heavy atom. The predicted octanol–water partition coefficient (Wildman–Crippen LogP) is 6.86. The molecule has 9 nitrogen and oxygen atoms in total. The van der Waals surface area contributed by atoms with E-state index in [0.717, 1.165) is 11.1 Å². The van der Waals surface area contributed by atoms with Gasteiger partial charge in [-0.25, -0.2) is 0 Å². The minimum Gasteiger partial charge on any atom is -0.508 e. The molecule has 0 radical (unpaired) electrons. The summed E-state index contributed by atoms with van der Waals surface area (Å²) in [5.41, 5.74) is 11.8.